The molecule has 1 amide bonds. The van der Waals surface area contributed by atoms with E-state index in [1.165, 1.54) is 6.33 Å². The van der Waals surface area contributed by atoms with Gasteiger partial charge in [-0.15, -0.1) is 0 Å². The number of amides is 1. The monoisotopic (exact) mass is 457 g/mol. The zero-order valence-electron chi connectivity index (χ0n) is 18.9. The molecule has 1 atom stereocenters. The summed E-state index contributed by atoms with van der Waals surface area (Å²) < 4.78 is 11.8. The van der Waals surface area contributed by atoms with Crippen molar-refractivity contribution in [2.45, 2.75) is 12.8 Å². The van der Waals surface area contributed by atoms with Crippen molar-refractivity contribution in [2.24, 2.45) is 5.92 Å². The van der Waals surface area contributed by atoms with Crippen LogP contribution in [0.3, 0.4) is 0 Å². The van der Waals surface area contributed by atoms with Crippen LogP contribution in [0.15, 0.2) is 79.9 Å². The SMILES string of the molecule is C=CC=C(C=C)Oc1ccc(-c2c(N)ncnc2OCC2CCCN(C(=O)C(=C)C#N)C2)cc1. The number of likely N-dealkylation sites (tertiary alicyclic amines) is 1. The van der Waals surface area contributed by atoms with Gasteiger partial charge in [-0.1, -0.05) is 37.9 Å². The average Bonchev–Trinajstić information content (AvgIpc) is 2.87. The minimum atomic E-state index is -0.330. The number of ether oxygens (including phenoxy) is 2. The van der Waals surface area contributed by atoms with Crippen LogP contribution in [0.2, 0.25) is 0 Å². The van der Waals surface area contributed by atoms with Crippen LogP contribution in [-0.4, -0.2) is 40.5 Å². The maximum Gasteiger partial charge on any atom is 0.263 e. The molecule has 8 nitrogen and oxygen atoms in total. The summed E-state index contributed by atoms with van der Waals surface area (Å²) in [5.41, 5.74) is 7.47. The third-order valence-electron chi connectivity index (χ3n) is 5.36. The molecule has 2 heterocycles. The summed E-state index contributed by atoms with van der Waals surface area (Å²) in [5, 5.41) is 8.95. The van der Waals surface area contributed by atoms with Crippen LogP contribution in [0.5, 0.6) is 11.6 Å². The molecule has 0 bridgehead atoms. The van der Waals surface area contributed by atoms with E-state index < -0.39 is 0 Å². The highest BCUT2D eigenvalue weighted by molar-refractivity contribution is 5.96. The third kappa shape index (κ3) is 5.90. The second kappa shape index (κ2) is 11.5. The van der Waals surface area contributed by atoms with E-state index in [2.05, 4.69) is 29.7 Å². The Balaban J connectivity index is 1.73. The number of nitrogen functional groups attached to an aromatic ring is 1. The van der Waals surface area contributed by atoms with Crippen molar-refractivity contribution in [2.75, 3.05) is 25.4 Å². The zero-order chi connectivity index (χ0) is 24.5. The molecule has 1 unspecified atom stereocenters. The number of nitriles is 1. The van der Waals surface area contributed by atoms with Gasteiger partial charge >= 0.3 is 0 Å². The van der Waals surface area contributed by atoms with Gasteiger partial charge in [0.1, 0.15) is 35.3 Å². The lowest BCUT2D eigenvalue weighted by Crippen LogP contribution is -2.42. The van der Waals surface area contributed by atoms with Crippen LogP contribution < -0.4 is 15.2 Å². The number of rotatable bonds is 9. The lowest BCUT2D eigenvalue weighted by Gasteiger charge is -2.32. The van der Waals surface area contributed by atoms with E-state index in [9.17, 15) is 4.79 Å². The van der Waals surface area contributed by atoms with Crippen molar-refractivity contribution in [1.82, 2.24) is 14.9 Å². The number of allylic oxidation sites excluding steroid dienone is 3. The van der Waals surface area contributed by atoms with Crippen LogP contribution in [0, 0.1) is 17.2 Å². The first-order valence-corrected chi connectivity index (χ1v) is 10.8. The molecule has 1 aromatic heterocycles. The van der Waals surface area contributed by atoms with Gasteiger partial charge in [0, 0.05) is 19.0 Å². The van der Waals surface area contributed by atoms with E-state index in [-0.39, 0.29) is 17.4 Å². The summed E-state index contributed by atoms with van der Waals surface area (Å²) in [6.07, 6.45) is 8.01. The van der Waals surface area contributed by atoms with Crippen LogP contribution in [-0.2, 0) is 4.79 Å². The van der Waals surface area contributed by atoms with E-state index in [4.69, 9.17) is 20.5 Å². The molecule has 34 heavy (non-hydrogen) atoms. The van der Waals surface area contributed by atoms with Gasteiger partial charge < -0.3 is 20.1 Å². The zero-order valence-corrected chi connectivity index (χ0v) is 18.9. The lowest BCUT2D eigenvalue weighted by atomic mass is 9.98. The predicted molar refractivity (Wildman–Crippen MR) is 131 cm³/mol. The highest BCUT2D eigenvalue weighted by Gasteiger charge is 2.26. The summed E-state index contributed by atoms with van der Waals surface area (Å²) >= 11 is 0. The Morgan fingerprint density at radius 3 is 2.74 bits per heavy atom. The second-order valence-electron chi connectivity index (χ2n) is 7.74. The number of hydrogen-bond acceptors (Lipinski definition) is 7. The Hall–Kier alpha value is -4.38. The molecular weight excluding hydrogens is 430 g/mol. The van der Waals surface area contributed by atoms with Gasteiger partial charge in [0.2, 0.25) is 5.88 Å². The number of nitrogens with two attached hydrogens (primary N) is 1. The van der Waals surface area contributed by atoms with Crippen molar-refractivity contribution in [3.63, 3.8) is 0 Å². The summed E-state index contributed by atoms with van der Waals surface area (Å²) in [4.78, 5) is 22.3. The quantitative estimate of drug-likeness (QED) is 0.261. The molecule has 2 aromatic rings. The number of anilines is 1. The van der Waals surface area contributed by atoms with Gasteiger partial charge in [-0.05, 0) is 42.7 Å². The first-order valence-electron chi connectivity index (χ1n) is 10.8. The van der Waals surface area contributed by atoms with Crippen LogP contribution in [0.25, 0.3) is 11.1 Å². The number of aromatic nitrogens is 2. The number of hydrogen-bond donors (Lipinski definition) is 1. The molecule has 1 fully saturated rings. The molecule has 2 N–H and O–H groups in total. The van der Waals surface area contributed by atoms with Crippen molar-refractivity contribution in [3.05, 3.63) is 79.9 Å². The van der Waals surface area contributed by atoms with Gasteiger partial charge in [-0.2, -0.15) is 5.26 Å². The van der Waals surface area contributed by atoms with Gasteiger partial charge in [-0.25, -0.2) is 9.97 Å². The molecule has 0 saturated carbocycles. The van der Waals surface area contributed by atoms with Crippen molar-refractivity contribution < 1.29 is 14.3 Å². The molecule has 8 heteroatoms. The fraction of sp³-hybridized carbons (Fsp3) is 0.231. The topological polar surface area (TPSA) is 114 Å². The van der Waals surface area contributed by atoms with Gasteiger partial charge in [-0.3, -0.25) is 4.79 Å². The fourth-order valence-corrected chi connectivity index (χ4v) is 3.67. The molecular formula is C26H27N5O3. The number of nitrogens with zero attached hydrogens (tertiary/aromatic N) is 4. The molecule has 0 aliphatic carbocycles. The van der Waals surface area contributed by atoms with Crippen LogP contribution in [0.1, 0.15) is 12.8 Å². The molecule has 1 saturated heterocycles. The van der Waals surface area contributed by atoms with Gasteiger partial charge in [0.15, 0.2) is 0 Å². The van der Waals surface area contributed by atoms with Crippen molar-refractivity contribution in [1.29, 1.82) is 5.26 Å². The van der Waals surface area contributed by atoms with Gasteiger partial charge in [0.25, 0.3) is 5.91 Å². The van der Waals surface area contributed by atoms with E-state index >= 15 is 0 Å². The van der Waals surface area contributed by atoms with Crippen LogP contribution in [0.4, 0.5) is 5.82 Å². The number of carbonyl (C=O) groups excluding carboxylic acids is 1. The minimum Gasteiger partial charge on any atom is -0.477 e. The number of carbonyl (C=O) groups is 1. The van der Waals surface area contributed by atoms with E-state index in [1.54, 1.807) is 35.3 Å². The summed E-state index contributed by atoms with van der Waals surface area (Å²) in [6.45, 7) is 12.3. The molecule has 0 spiro atoms. The Labute approximate surface area is 199 Å². The van der Waals surface area contributed by atoms with E-state index in [1.807, 2.05) is 18.2 Å². The standard InChI is InChI=1S/C26H27N5O3/c1-4-7-21(5-2)34-22-11-9-20(10-12-22)23-24(28)29-17-30-25(23)33-16-19-8-6-13-31(15-19)26(32)18(3)14-27/h4-5,7,9-12,17,19H,1-3,6,8,13,15-16H2,(H2,28,29,30). The van der Waals surface area contributed by atoms with E-state index in [0.29, 0.717) is 48.5 Å². The summed E-state index contributed by atoms with van der Waals surface area (Å²) in [6, 6.07) is 9.13. The molecule has 1 aromatic carbocycles. The predicted octanol–water partition coefficient (Wildman–Crippen LogP) is 4.06. The minimum absolute atomic E-state index is 0.0555. The maximum absolute atomic E-state index is 12.3. The van der Waals surface area contributed by atoms with Crippen LogP contribution >= 0.6 is 0 Å². The first-order chi connectivity index (χ1) is 16.5. The lowest BCUT2D eigenvalue weighted by molar-refractivity contribution is -0.128. The van der Waals surface area contributed by atoms with E-state index in [0.717, 1.165) is 18.4 Å². The first kappa shape index (κ1) is 24.3. The smallest absolute Gasteiger partial charge is 0.263 e. The van der Waals surface area contributed by atoms with Crippen molar-refractivity contribution in [3.8, 4) is 28.8 Å². The number of piperidine rings is 1. The van der Waals surface area contributed by atoms with Gasteiger partial charge in [0.05, 0.1) is 12.2 Å². The Bertz CT molecular complexity index is 1150. The Morgan fingerprint density at radius 1 is 1.29 bits per heavy atom. The molecule has 1 aliphatic rings. The molecule has 3 rings (SSSR count). The average molecular weight is 458 g/mol. The number of benzene rings is 1. The summed E-state index contributed by atoms with van der Waals surface area (Å²) in [5.74, 6) is 1.63. The molecule has 174 valence electrons. The fourth-order valence-electron chi connectivity index (χ4n) is 3.67. The normalized spacial score (nSPS) is 15.7. The largest absolute Gasteiger partial charge is 0.477 e. The second-order valence-corrected chi connectivity index (χ2v) is 7.74. The highest BCUT2D eigenvalue weighted by atomic mass is 16.5. The molecule has 1 aliphatic heterocycles. The molecule has 0 radical (unpaired) electrons. The highest BCUT2D eigenvalue weighted by Crippen LogP contribution is 2.34. The maximum atomic E-state index is 12.3. The van der Waals surface area contributed by atoms with Crippen molar-refractivity contribution >= 4 is 11.7 Å². The Morgan fingerprint density at radius 2 is 2.06 bits per heavy atom. The summed E-state index contributed by atoms with van der Waals surface area (Å²) in [7, 11) is 0. The third-order valence-corrected chi connectivity index (χ3v) is 5.36. The Kier molecular flexibility index (Phi) is 8.19.